The molecular weight excluding hydrogens is 367 g/mol. The van der Waals surface area contributed by atoms with E-state index in [1.54, 1.807) is 24.3 Å². The highest BCUT2D eigenvalue weighted by atomic mass is 35.5. The Morgan fingerprint density at radius 3 is 2.52 bits per heavy atom. The number of carbonyl (C=O) groups excluding carboxylic acids is 1. The number of amides is 1. The molecule has 25 heavy (non-hydrogen) atoms. The third kappa shape index (κ3) is 4.93. The first-order valence-corrected chi connectivity index (χ1v) is 9.69. The maximum absolute atomic E-state index is 13.5. The fraction of sp³-hybridized carbons (Fsp3) is 0.235. The molecule has 1 atom stereocenters. The van der Waals surface area contributed by atoms with Crippen LogP contribution in [0.1, 0.15) is 12.5 Å². The lowest BCUT2D eigenvalue weighted by atomic mass is 10.2. The SMILES string of the molecule is C[C@@H](C(=O)NCc1ccccc1Cl)N(c1cccc(F)c1)S(C)(=O)=O. The molecule has 0 spiro atoms. The highest BCUT2D eigenvalue weighted by Gasteiger charge is 2.29. The Morgan fingerprint density at radius 1 is 1.24 bits per heavy atom. The van der Waals surface area contributed by atoms with Crippen molar-refractivity contribution in [2.45, 2.75) is 19.5 Å². The number of rotatable bonds is 6. The lowest BCUT2D eigenvalue weighted by Crippen LogP contribution is -2.47. The average molecular weight is 385 g/mol. The molecule has 0 aromatic heterocycles. The Kier molecular flexibility index (Phi) is 6.02. The van der Waals surface area contributed by atoms with Gasteiger partial charge in [0.05, 0.1) is 11.9 Å². The summed E-state index contributed by atoms with van der Waals surface area (Å²) in [4.78, 5) is 12.4. The van der Waals surface area contributed by atoms with Crippen molar-refractivity contribution in [2.24, 2.45) is 0 Å². The molecule has 0 fully saturated rings. The van der Waals surface area contributed by atoms with Crippen LogP contribution in [0, 0.1) is 5.82 Å². The zero-order valence-corrected chi connectivity index (χ0v) is 15.3. The van der Waals surface area contributed by atoms with E-state index >= 15 is 0 Å². The second-order valence-corrected chi connectivity index (χ2v) is 7.79. The van der Waals surface area contributed by atoms with E-state index in [0.29, 0.717) is 10.6 Å². The summed E-state index contributed by atoms with van der Waals surface area (Å²) in [6, 6.07) is 11.0. The summed E-state index contributed by atoms with van der Waals surface area (Å²) in [5.74, 6) is -1.11. The van der Waals surface area contributed by atoms with E-state index in [-0.39, 0.29) is 12.2 Å². The molecule has 5 nitrogen and oxygen atoms in total. The molecule has 0 unspecified atom stereocenters. The van der Waals surface area contributed by atoms with Gasteiger partial charge in [-0.15, -0.1) is 0 Å². The van der Waals surface area contributed by atoms with E-state index in [4.69, 9.17) is 11.6 Å². The van der Waals surface area contributed by atoms with Gasteiger partial charge >= 0.3 is 0 Å². The molecule has 0 saturated heterocycles. The molecule has 2 aromatic rings. The van der Waals surface area contributed by atoms with Gasteiger partial charge in [0.15, 0.2) is 0 Å². The monoisotopic (exact) mass is 384 g/mol. The zero-order valence-electron chi connectivity index (χ0n) is 13.7. The fourth-order valence-electron chi connectivity index (χ4n) is 2.39. The van der Waals surface area contributed by atoms with Gasteiger partial charge in [-0.25, -0.2) is 12.8 Å². The second-order valence-electron chi connectivity index (χ2n) is 5.52. The minimum Gasteiger partial charge on any atom is -0.350 e. The van der Waals surface area contributed by atoms with Crippen LogP contribution in [0.15, 0.2) is 48.5 Å². The molecule has 0 aliphatic heterocycles. The lowest BCUT2D eigenvalue weighted by molar-refractivity contribution is -0.122. The standard InChI is InChI=1S/C17H18ClFN2O3S/c1-12(17(22)20-11-13-6-3-4-9-16(13)18)21(25(2,23)24)15-8-5-7-14(19)10-15/h3-10,12H,11H2,1-2H3,(H,20,22)/t12-/m0/s1. The Hall–Kier alpha value is -2.12. The number of carbonyl (C=O) groups is 1. The van der Waals surface area contributed by atoms with Crippen molar-refractivity contribution in [3.63, 3.8) is 0 Å². The summed E-state index contributed by atoms with van der Waals surface area (Å²) < 4.78 is 38.6. The van der Waals surface area contributed by atoms with Gasteiger partial charge in [0, 0.05) is 11.6 Å². The summed E-state index contributed by atoms with van der Waals surface area (Å²) in [5.41, 5.74) is 0.796. The van der Waals surface area contributed by atoms with Gasteiger partial charge in [0.2, 0.25) is 15.9 Å². The van der Waals surface area contributed by atoms with E-state index < -0.39 is 27.8 Å². The van der Waals surface area contributed by atoms with Crippen LogP contribution in [-0.4, -0.2) is 26.6 Å². The first-order valence-electron chi connectivity index (χ1n) is 7.46. The topological polar surface area (TPSA) is 66.5 Å². The highest BCUT2D eigenvalue weighted by Crippen LogP contribution is 2.22. The minimum atomic E-state index is -3.79. The Balaban J connectivity index is 2.20. The second kappa shape index (κ2) is 7.84. The van der Waals surface area contributed by atoms with Gasteiger partial charge in [-0.3, -0.25) is 9.10 Å². The number of hydrogen-bond acceptors (Lipinski definition) is 3. The largest absolute Gasteiger partial charge is 0.350 e. The molecule has 1 amide bonds. The van der Waals surface area contributed by atoms with Gasteiger partial charge < -0.3 is 5.32 Å². The summed E-state index contributed by atoms with van der Waals surface area (Å²) in [5, 5.41) is 3.15. The van der Waals surface area contributed by atoms with E-state index in [9.17, 15) is 17.6 Å². The van der Waals surface area contributed by atoms with Crippen molar-refractivity contribution in [3.8, 4) is 0 Å². The van der Waals surface area contributed by atoms with E-state index in [2.05, 4.69) is 5.32 Å². The number of hydrogen-bond donors (Lipinski definition) is 1. The Labute approximate surface area is 151 Å². The summed E-state index contributed by atoms with van der Waals surface area (Å²) in [6.45, 7) is 1.59. The molecule has 0 aliphatic rings. The molecule has 8 heteroatoms. The summed E-state index contributed by atoms with van der Waals surface area (Å²) in [7, 11) is -3.79. The third-order valence-electron chi connectivity index (χ3n) is 3.56. The molecular formula is C17H18ClFN2O3S. The number of nitrogens with one attached hydrogen (secondary N) is 1. The predicted octanol–water partition coefficient (Wildman–Crippen LogP) is 2.95. The van der Waals surface area contributed by atoms with Gasteiger partial charge in [-0.1, -0.05) is 35.9 Å². The molecule has 0 radical (unpaired) electrons. The van der Waals surface area contributed by atoms with Crippen LogP contribution in [0.4, 0.5) is 10.1 Å². The van der Waals surface area contributed by atoms with Crippen LogP contribution in [-0.2, 0) is 21.4 Å². The minimum absolute atomic E-state index is 0.0860. The van der Waals surface area contributed by atoms with Crippen molar-refractivity contribution in [2.75, 3.05) is 10.6 Å². The van der Waals surface area contributed by atoms with Gasteiger partial charge in [-0.2, -0.15) is 0 Å². The lowest BCUT2D eigenvalue weighted by Gasteiger charge is -2.28. The van der Waals surface area contributed by atoms with Crippen molar-refractivity contribution >= 4 is 33.2 Å². The Bertz CT molecular complexity index is 874. The molecule has 0 aliphatic carbocycles. The first kappa shape index (κ1) is 19.2. The van der Waals surface area contributed by atoms with Crippen molar-refractivity contribution in [1.29, 1.82) is 0 Å². The van der Waals surface area contributed by atoms with Crippen LogP contribution in [0.2, 0.25) is 5.02 Å². The third-order valence-corrected chi connectivity index (χ3v) is 5.17. The van der Waals surface area contributed by atoms with Crippen LogP contribution in [0.5, 0.6) is 0 Å². The molecule has 0 heterocycles. The van der Waals surface area contributed by atoms with Crippen LogP contribution >= 0.6 is 11.6 Å². The van der Waals surface area contributed by atoms with Crippen molar-refractivity contribution in [1.82, 2.24) is 5.32 Å². The number of anilines is 1. The van der Waals surface area contributed by atoms with E-state index in [1.165, 1.54) is 25.1 Å². The molecule has 134 valence electrons. The number of halogens is 2. The van der Waals surface area contributed by atoms with Gasteiger partial charge in [-0.05, 0) is 36.8 Å². The fourth-order valence-corrected chi connectivity index (χ4v) is 3.76. The molecule has 0 saturated carbocycles. The van der Waals surface area contributed by atoms with Gasteiger partial charge in [0.25, 0.3) is 0 Å². The van der Waals surface area contributed by atoms with Crippen LogP contribution in [0.3, 0.4) is 0 Å². The van der Waals surface area contributed by atoms with Crippen molar-refractivity contribution < 1.29 is 17.6 Å². The van der Waals surface area contributed by atoms with E-state index in [1.807, 2.05) is 0 Å². The molecule has 2 rings (SSSR count). The zero-order chi connectivity index (χ0) is 18.6. The molecule has 1 N–H and O–H groups in total. The number of sulfonamides is 1. The van der Waals surface area contributed by atoms with Crippen molar-refractivity contribution in [3.05, 3.63) is 64.9 Å². The highest BCUT2D eigenvalue weighted by molar-refractivity contribution is 7.92. The number of nitrogens with zero attached hydrogens (tertiary/aromatic N) is 1. The van der Waals surface area contributed by atoms with Gasteiger partial charge in [0.1, 0.15) is 11.9 Å². The maximum atomic E-state index is 13.5. The Morgan fingerprint density at radius 2 is 1.92 bits per heavy atom. The summed E-state index contributed by atoms with van der Waals surface area (Å²) in [6.07, 6.45) is 0.968. The summed E-state index contributed by atoms with van der Waals surface area (Å²) >= 11 is 6.04. The average Bonchev–Trinajstić information content (AvgIpc) is 2.52. The van der Waals surface area contributed by atoms with Crippen LogP contribution in [0.25, 0.3) is 0 Å². The smallest absolute Gasteiger partial charge is 0.243 e. The van der Waals surface area contributed by atoms with Crippen LogP contribution < -0.4 is 9.62 Å². The predicted molar refractivity (Wildman–Crippen MR) is 96.5 cm³/mol. The number of benzene rings is 2. The molecule has 0 bridgehead atoms. The molecule has 2 aromatic carbocycles. The van der Waals surface area contributed by atoms with E-state index in [0.717, 1.165) is 16.6 Å². The quantitative estimate of drug-likeness (QED) is 0.832. The maximum Gasteiger partial charge on any atom is 0.243 e. The normalized spacial score (nSPS) is 12.5. The first-order chi connectivity index (χ1) is 11.7.